The second-order valence-corrected chi connectivity index (χ2v) is 11.6. The third-order valence-corrected chi connectivity index (χ3v) is 4.82. The largest absolute Gasteiger partial charge is 0.324 e. The first-order valence-corrected chi connectivity index (χ1v) is 9.27. The predicted octanol–water partition coefficient (Wildman–Crippen LogP) is 5.02. The first-order valence-electron chi connectivity index (χ1n) is 9.27. The molecule has 3 nitrogen and oxygen atoms in total. The molecule has 0 atom stereocenters. The Kier molecular flexibility index (Phi) is 6.95. The Bertz CT molecular complexity index is 434. The van der Waals surface area contributed by atoms with E-state index in [4.69, 9.17) is 5.73 Å². The lowest BCUT2D eigenvalue weighted by Gasteiger charge is -2.54. The quantitative estimate of drug-likeness (QED) is 0.674. The van der Waals surface area contributed by atoms with E-state index in [2.05, 4.69) is 81.1 Å². The lowest BCUT2D eigenvalue weighted by molar-refractivity contribution is -0.128. The number of nitrogens with zero attached hydrogens (tertiary/aromatic N) is 1. The molecule has 0 aromatic rings. The normalized spacial score (nSPS) is 15.1. The Morgan fingerprint density at radius 3 is 1.46 bits per heavy atom. The fourth-order valence-electron chi connectivity index (χ4n) is 4.35. The summed E-state index contributed by atoms with van der Waals surface area (Å²) in [5.41, 5.74) is 5.88. The van der Waals surface area contributed by atoms with Crippen LogP contribution in [0.2, 0.25) is 0 Å². The van der Waals surface area contributed by atoms with Crippen LogP contribution in [0.4, 0.5) is 0 Å². The molecule has 3 heteroatoms. The Labute approximate surface area is 151 Å². The lowest BCUT2D eigenvalue weighted by atomic mass is 9.73. The molecule has 0 aliphatic heterocycles. The smallest absolute Gasteiger partial charge is 0.135 e. The molecule has 0 fully saturated rings. The third-order valence-electron chi connectivity index (χ3n) is 4.82. The number of hydrogen-bond donors (Lipinski definition) is 1. The van der Waals surface area contributed by atoms with Gasteiger partial charge in [0.2, 0.25) is 0 Å². The summed E-state index contributed by atoms with van der Waals surface area (Å²) in [4.78, 5) is 14.6. The molecule has 0 bridgehead atoms. The van der Waals surface area contributed by atoms with Crippen molar-refractivity contribution in [3.05, 3.63) is 0 Å². The minimum atomic E-state index is -0.335. The summed E-state index contributed by atoms with van der Waals surface area (Å²) in [5.74, 6) is 0.246. The molecule has 0 amide bonds. The van der Waals surface area contributed by atoms with E-state index in [1.165, 1.54) is 0 Å². The molecule has 0 unspecified atom stereocenters. The highest BCUT2D eigenvalue weighted by molar-refractivity contribution is 5.81. The highest BCUT2D eigenvalue weighted by Crippen LogP contribution is 2.40. The molecule has 144 valence electrons. The molecule has 2 N–H and O–H groups in total. The summed E-state index contributed by atoms with van der Waals surface area (Å²) in [6.07, 6.45) is 1.89. The molecule has 0 aliphatic rings. The van der Waals surface area contributed by atoms with Crippen molar-refractivity contribution >= 4 is 5.78 Å². The van der Waals surface area contributed by atoms with Gasteiger partial charge in [0.25, 0.3) is 0 Å². The summed E-state index contributed by atoms with van der Waals surface area (Å²) >= 11 is 0. The van der Waals surface area contributed by atoms with Crippen LogP contribution in [0.15, 0.2) is 0 Å². The summed E-state index contributed by atoms with van der Waals surface area (Å²) in [5, 5.41) is 0. The van der Waals surface area contributed by atoms with Crippen LogP contribution in [-0.4, -0.2) is 33.8 Å². The van der Waals surface area contributed by atoms with Crippen molar-refractivity contribution in [1.29, 1.82) is 0 Å². The number of carbonyl (C=O) groups excluding carboxylic acids is 1. The van der Waals surface area contributed by atoms with Gasteiger partial charge >= 0.3 is 0 Å². The van der Waals surface area contributed by atoms with Gasteiger partial charge in [-0.15, -0.1) is 0 Å². The zero-order chi connectivity index (χ0) is 19.8. The molecule has 0 saturated heterocycles. The SMILES string of the molecule is CC(=O)C(C)(C)CC(C)(C)N(CC(C)(C)N)C(C)(C)CC(C)(C)C. The maximum Gasteiger partial charge on any atom is 0.135 e. The van der Waals surface area contributed by atoms with Gasteiger partial charge < -0.3 is 5.73 Å². The van der Waals surface area contributed by atoms with Gasteiger partial charge in [0.05, 0.1) is 0 Å². The van der Waals surface area contributed by atoms with E-state index in [1.807, 2.05) is 0 Å². The van der Waals surface area contributed by atoms with Crippen molar-refractivity contribution in [2.45, 2.75) is 113 Å². The first kappa shape index (κ1) is 23.6. The third kappa shape index (κ3) is 7.65. The number of nitrogens with two attached hydrogens (primary N) is 1. The Morgan fingerprint density at radius 2 is 1.17 bits per heavy atom. The molecular formula is C21H44N2O. The zero-order valence-electron chi connectivity index (χ0n) is 18.6. The molecule has 0 aromatic carbocycles. The topological polar surface area (TPSA) is 46.3 Å². The van der Waals surface area contributed by atoms with Crippen LogP contribution in [0, 0.1) is 10.8 Å². The van der Waals surface area contributed by atoms with Gasteiger partial charge in [-0.3, -0.25) is 9.69 Å². The van der Waals surface area contributed by atoms with Crippen LogP contribution in [0.3, 0.4) is 0 Å². The van der Waals surface area contributed by atoms with E-state index >= 15 is 0 Å². The Balaban J connectivity index is 5.82. The number of ketones is 1. The van der Waals surface area contributed by atoms with Crippen molar-refractivity contribution in [2.75, 3.05) is 6.54 Å². The molecule has 0 aliphatic carbocycles. The number of Topliss-reactive ketones (excluding diaryl/α,β-unsaturated/α-hetero) is 1. The minimum Gasteiger partial charge on any atom is -0.324 e. The van der Waals surface area contributed by atoms with Crippen LogP contribution in [0.5, 0.6) is 0 Å². The van der Waals surface area contributed by atoms with E-state index in [1.54, 1.807) is 6.92 Å². The Morgan fingerprint density at radius 1 is 0.792 bits per heavy atom. The molecule has 0 spiro atoms. The standard InChI is InChI=1S/C21H44N2O/c1-16(24)18(5,6)14-21(11,12)23(15-19(7,8)22)20(9,10)13-17(2,3)4/h13-15,22H2,1-12H3. The van der Waals surface area contributed by atoms with Gasteiger partial charge in [-0.05, 0) is 66.7 Å². The van der Waals surface area contributed by atoms with Gasteiger partial charge in [0, 0.05) is 28.6 Å². The lowest BCUT2D eigenvalue weighted by Crippen LogP contribution is -2.63. The average molecular weight is 341 g/mol. The molecule has 0 heterocycles. The van der Waals surface area contributed by atoms with E-state index in [-0.39, 0.29) is 33.2 Å². The summed E-state index contributed by atoms with van der Waals surface area (Å²) in [6, 6.07) is 0. The van der Waals surface area contributed by atoms with Crippen LogP contribution < -0.4 is 5.73 Å². The predicted molar refractivity (Wildman–Crippen MR) is 106 cm³/mol. The van der Waals surface area contributed by atoms with Crippen molar-refractivity contribution in [3.8, 4) is 0 Å². The van der Waals surface area contributed by atoms with E-state index in [9.17, 15) is 4.79 Å². The molecule has 24 heavy (non-hydrogen) atoms. The van der Waals surface area contributed by atoms with Crippen LogP contribution in [0.25, 0.3) is 0 Å². The highest BCUT2D eigenvalue weighted by atomic mass is 16.1. The number of hydrogen-bond acceptors (Lipinski definition) is 3. The second kappa shape index (κ2) is 7.07. The molecule has 0 saturated carbocycles. The molecule has 0 radical (unpaired) electrons. The molecule has 0 aromatic heterocycles. The average Bonchev–Trinajstić information content (AvgIpc) is 2.19. The van der Waals surface area contributed by atoms with Crippen LogP contribution in [-0.2, 0) is 4.79 Å². The summed E-state index contributed by atoms with van der Waals surface area (Å²) in [7, 11) is 0. The van der Waals surface area contributed by atoms with Crippen molar-refractivity contribution in [2.24, 2.45) is 16.6 Å². The zero-order valence-corrected chi connectivity index (χ0v) is 18.6. The fraction of sp³-hybridized carbons (Fsp3) is 0.952. The van der Waals surface area contributed by atoms with Gasteiger partial charge in [-0.1, -0.05) is 34.6 Å². The number of carbonyl (C=O) groups is 1. The van der Waals surface area contributed by atoms with Crippen molar-refractivity contribution in [3.63, 3.8) is 0 Å². The van der Waals surface area contributed by atoms with Gasteiger partial charge in [-0.2, -0.15) is 0 Å². The summed E-state index contributed by atoms with van der Waals surface area (Å²) in [6.45, 7) is 26.8. The highest BCUT2D eigenvalue weighted by Gasteiger charge is 2.44. The first-order chi connectivity index (χ1) is 10.2. The second-order valence-electron chi connectivity index (χ2n) is 11.6. The van der Waals surface area contributed by atoms with Gasteiger partial charge in [0.15, 0.2) is 0 Å². The van der Waals surface area contributed by atoms with Crippen molar-refractivity contribution < 1.29 is 4.79 Å². The van der Waals surface area contributed by atoms with E-state index in [0.29, 0.717) is 0 Å². The molecule has 0 rings (SSSR count). The Hall–Kier alpha value is -0.410. The number of rotatable bonds is 8. The van der Waals surface area contributed by atoms with E-state index in [0.717, 1.165) is 19.4 Å². The van der Waals surface area contributed by atoms with Crippen LogP contribution >= 0.6 is 0 Å². The van der Waals surface area contributed by atoms with Crippen molar-refractivity contribution in [1.82, 2.24) is 4.90 Å². The maximum atomic E-state index is 12.1. The van der Waals surface area contributed by atoms with E-state index < -0.39 is 0 Å². The minimum absolute atomic E-state index is 0.00867. The summed E-state index contributed by atoms with van der Waals surface area (Å²) < 4.78 is 0. The molecular weight excluding hydrogens is 296 g/mol. The monoisotopic (exact) mass is 340 g/mol. The van der Waals surface area contributed by atoms with Gasteiger partial charge in [0.1, 0.15) is 5.78 Å². The van der Waals surface area contributed by atoms with Gasteiger partial charge in [-0.25, -0.2) is 0 Å². The maximum absolute atomic E-state index is 12.1. The van der Waals surface area contributed by atoms with Crippen LogP contribution in [0.1, 0.15) is 95.9 Å². The fourth-order valence-corrected chi connectivity index (χ4v) is 4.35.